The summed E-state index contributed by atoms with van der Waals surface area (Å²) in [5.41, 5.74) is 3.33. The van der Waals surface area contributed by atoms with Crippen molar-refractivity contribution in [1.82, 2.24) is 9.55 Å². The third-order valence-corrected chi connectivity index (χ3v) is 6.53. The van der Waals surface area contributed by atoms with Gasteiger partial charge in [0.1, 0.15) is 12.4 Å². The van der Waals surface area contributed by atoms with E-state index in [0.29, 0.717) is 17.6 Å². The Kier molecular flexibility index (Phi) is 7.31. The Hall–Kier alpha value is -3.07. The zero-order valence-electron chi connectivity index (χ0n) is 21.0. The van der Waals surface area contributed by atoms with E-state index in [1.54, 1.807) is 0 Å². The molecule has 0 bridgehead atoms. The molecule has 194 valence electrons. The van der Waals surface area contributed by atoms with Crippen molar-refractivity contribution in [3.8, 4) is 5.75 Å². The van der Waals surface area contributed by atoms with E-state index in [-0.39, 0.29) is 36.0 Å². The highest BCUT2D eigenvalue weighted by molar-refractivity contribution is 5.85. The first kappa shape index (κ1) is 26.0. The lowest BCUT2D eigenvalue weighted by Gasteiger charge is -2.40. The maximum absolute atomic E-state index is 12.5. The highest BCUT2D eigenvalue weighted by Gasteiger charge is 2.35. The number of halogens is 3. The van der Waals surface area contributed by atoms with Crippen LogP contribution in [0, 0.1) is 11.3 Å². The predicted molar refractivity (Wildman–Crippen MR) is 133 cm³/mol. The van der Waals surface area contributed by atoms with Gasteiger partial charge in [0.05, 0.1) is 11.0 Å². The van der Waals surface area contributed by atoms with E-state index < -0.39 is 6.36 Å². The van der Waals surface area contributed by atoms with E-state index >= 15 is 0 Å². The van der Waals surface area contributed by atoms with Crippen LogP contribution in [0.3, 0.4) is 0 Å². The Morgan fingerprint density at radius 3 is 2.53 bits per heavy atom. The fourth-order valence-electron chi connectivity index (χ4n) is 5.51. The largest absolute Gasteiger partial charge is 0.573 e. The molecule has 1 heterocycles. The normalized spacial score (nSPS) is 19.9. The van der Waals surface area contributed by atoms with Crippen molar-refractivity contribution in [1.29, 1.82) is 0 Å². The molecule has 36 heavy (non-hydrogen) atoms. The number of ketones is 1. The first-order chi connectivity index (χ1) is 16.9. The zero-order valence-corrected chi connectivity index (χ0v) is 21.0. The number of aromatic nitrogens is 2. The fraction of sp³-hybridized carbons (Fsp3) is 0.481. The van der Waals surface area contributed by atoms with Crippen LogP contribution in [-0.4, -0.2) is 35.4 Å². The van der Waals surface area contributed by atoms with E-state index in [9.17, 15) is 18.0 Å². The second kappa shape index (κ2) is 10.1. The van der Waals surface area contributed by atoms with Gasteiger partial charge >= 0.3 is 6.36 Å². The molecule has 1 aliphatic carbocycles. The van der Waals surface area contributed by atoms with Crippen LogP contribution >= 0.6 is 0 Å². The molecule has 1 saturated carbocycles. The van der Waals surface area contributed by atoms with Gasteiger partial charge in [-0.1, -0.05) is 26.8 Å². The number of Topliss-reactive ketones (excluding diaryl/α,β-unsaturated/α-hetero) is 1. The Morgan fingerprint density at radius 2 is 1.89 bits per heavy atom. The summed E-state index contributed by atoms with van der Waals surface area (Å²) in [6.07, 6.45) is -1.37. The number of carbonyl (C=O) groups excluding carboxylic acids is 1. The van der Waals surface area contributed by atoms with Crippen LogP contribution in [0.4, 0.5) is 24.8 Å². The summed E-state index contributed by atoms with van der Waals surface area (Å²) in [4.78, 5) is 16.9. The molecule has 0 aliphatic heterocycles. The minimum Gasteiger partial charge on any atom is -0.406 e. The van der Waals surface area contributed by atoms with Gasteiger partial charge in [-0.2, -0.15) is 0 Å². The van der Waals surface area contributed by atoms with Gasteiger partial charge in [-0.15, -0.1) is 13.2 Å². The van der Waals surface area contributed by atoms with Crippen molar-refractivity contribution in [3.05, 3.63) is 48.0 Å². The fourth-order valence-corrected chi connectivity index (χ4v) is 5.51. The number of anilines is 2. The Bertz CT molecular complexity index is 1220. The molecule has 0 spiro atoms. The van der Waals surface area contributed by atoms with Crippen LogP contribution in [0.2, 0.25) is 0 Å². The number of carbonyl (C=O) groups is 1. The van der Waals surface area contributed by atoms with E-state index in [0.717, 1.165) is 35.9 Å². The Balaban J connectivity index is 1.70. The third kappa shape index (κ3) is 6.37. The van der Waals surface area contributed by atoms with Gasteiger partial charge in [0.2, 0.25) is 5.95 Å². The summed E-state index contributed by atoms with van der Waals surface area (Å²) >= 11 is 0. The molecule has 4 rings (SSSR count). The van der Waals surface area contributed by atoms with E-state index in [4.69, 9.17) is 9.72 Å². The monoisotopic (exact) mass is 503 g/mol. The lowest BCUT2D eigenvalue weighted by molar-refractivity contribution is -0.274. The SMILES string of the molecule is COCC(=O)Cc1ccc2c(c1)nc(Nc1ccc(OC(F)(F)F)cc1)n2C1CC(C)CC(C)(C)C1. The molecular weight excluding hydrogens is 471 g/mol. The molecule has 6 nitrogen and oxygen atoms in total. The van der Waals surface area contributed by atoms with Gasteiger partial charge in [-0.05, 0) is 72.6 Å². The predicted octanol–water partition coefficient (Wildman–Crippen LogP) is 6.82. The second-order valence-corrected chi connectivity index (χ2v) is 10.5. The number of fused-ring (bicyclic) bond motifs is 1. The van der Waals surface area contributed by atoms with Crippen molar-refractivity contribution in [2.75, 3.05) is 19.0 Å². The minimum atomic E-state index is -4.74. The van der Waals surface area contributed by atoms with Gasteiger partial charge < -0.3 is 19.4 Å². The van der Waals surface area contributed by atoms with Crippen LogP contribution in [0.1, 0.15) is 51.6 Å². The highest BCUT2D eigenvalue weighted by Crippen LogP contribution is 2.46. The number of methoxy groups -OCH3 is 1. The van der Waals surface area contributed by atoms with E-state index in [2.05, 4.69) is 35.4 Å². The molecule has 1 aromatic heterocycles. The highest BCUT2D eigenvalue weighted by atomic mass is 19.4. The molecule has 1 N–H and O–H groups in total. The van der Waals surface area contributed by atoms with Crippen LogP contribution in [0.5, 0.6) is 5.75 Å². The van der Waals surface area contributed by atoms with Gasteiger partial charge in [0.15, 0.2) is 5.78 Å². The number of hydrogen-bond donors (Lipinski definition) is 1. The molecule has 3 aromatic rings. The van der Waals surface area contributed by atoms with Crippen LogP contribution in [0.15, 0.2) is 42.5 Å². The third-order valence-electron chi connectivity index (χ3n) is 6.53. The Labute approximate surface area is 208 Å². The van der Waals surface area contributed by atoms with E-state index in [1.165, 1.54) is 31.4 Å². The summed E-state index contributed by atoms with van der Waals surface area (Å²) in [6.45, 7) is 6.88. The van der Waals surface area contributed by atoms with Crippen molar-refractivity contribution < 1.29 is 27.4 Å². The maximum Gasteiger partial charge on any atom is 0.573 e. The standard InChI is InChI=1S/C27H32F3N3O3/c1-17-11-20(15-26(2,3)14-17)33-24-10-5-18(12-21(34)16-35-4)13-23(24)32-25(33)31-19-6-8-22(9-7-19)36-27(28,29)30/h5-10,13,17,20H,11-12,14-16H2,1-4H3,(H,31,32). The molecule has 1 fully saturated rings. The summed E-state index contributed by atoms with van der Waals surface area (Å²) < 4.78 is 48.7. The number of benzene rings is 2. The van der Waals surface area contributed by atoms with Crippen molar-refractivity contribution in [3.63, 3.8) is 0 Å². The Morgan fingerprint density at radius 1 is 1.17 bits per heavy atom. The first-order valence-electron chi connectivity index (χ1n) is 12.1. The smallest absolute Gasteiger partial charge is 0.406 e. The maximum atomic E-state index is 12.5. The van der Waals surface area contributed by atoms with Gasteiger partial charge in [0.25, 0.3) is 0 Å². The lowest BCUT2D eigenvalue weighted by atomic mass is 9.70. The van der Waals surface area contributed by atoms with Crippen molar-refractivity contribution in [2.45, 2.75) is 58.9 Å². The molecule has 0 radical (unpaired) electrons. The summed E-state index contributed by atoms with van der Waals surface area (Å²) in [6, 6.07) is 11.7. The van der Waals surface area contributed by atoms with Gasteiger partial charge in [-0.25, -0.2) is 4.98 Å². The van der Waals surface area contributed by atoms with E-state index in [1.807, 2.05) is 18.2 Å². The number of nitrogens with one attached hydrogen (secondary N) is 1. The summed E-state index contributed by atoms with van der Waals surface area (Å²) in [5, 5.41) is 3.30. The van der Waals surface area contributed by atoms with Crippen molar-refractivity contribution >= 4 is 28.5 Å². The molecule has 2 atom stereocenters. The van der Waals surface area contributed by atoms with Gasteiger partial charge in [-0.3, -0.25) is 4.79 Å². The molecule has 9 heteroatoms. The average molecular weight is 504 g/mol. The molecule has 0 amide bonds. The molecule has 1 aliphatic rings. The number of imidazole rings is 1. The van der Waals surface area contributed by atoms with Gasteiger partial charge in [0, 0.05) is 25.3 Å². The first-order valence-corrected chi connectivity index (χ1v) is 12.1. The average Bonchev–Trinajstić information content (AvgIpc) is 3.10. The number of alkyl halides is 3. The topological polar surface area (TPSA) is 65.4 Å². The lowest BCUT2D eigenvalue weighted by Crippen LogP contribution is -2.29. The van der Waals surface area contributed by atoms with Crippen LogP contribution in [-0.2, 0) is 16.0 Å². The number of hydrogen-bond acceptors (Lipinski definition) is 5. The quantitative estimate of drug-likeness (QED) is 0.365. The van der Waals surface area contributed by atoms with Crippen LogP contribution in [0.25, 0.3) is 11.0 Å². The summed E-state index contributed by atoms with van der Waals surface area (Å²) in [5.74, 6) is 0.854. The molecule has 2 unspecified atom stereocenters. The number of rotatable bonds is 8. The zero-order chi connectivity index (χ0) is 26.1. The second-order valence-electron chi connectivity index (χ2n) is 10.5. The van der Waals surface area contributed by atoms with Crippen molar-refractivity contribution in [2.24, 2.45) is 11.3 Å². The summed E-state index contributed by atoms with van der Waals surface area (Å²) in [7, 11) is 1.50. The minimum absolute atomic E-state index is 0.0151. The van der Waals surface area contributed by atoms with Crippen LogP contribution < -0.4 is 10.1 Å². The number of nitrogens with zero attached hydrogens (tertiary/aromatic N) is 2. The molecule has 2 aromatic carbocycles. The molecule has 0 saturated heterocycles. The molecular formula is C27H32F3N3O3. The number of ether oxygens (including phenoxy) is 2.